The third-order valence-electron chi connectivity index (χ3n) is 3.96. The summed E-state index contributed by atoms with van der Waals surface area (Å²) in [7, 11) is 0. The molecule has 1 heterocycles. The summed E-state index contributed by atoms with van der Waals surface area (Å²) >= 11 is 1.46. The average molecular weight is 267 g/mol. The van der Waals surface area contributed by atoms with Crippen LogP contribution < -0.4 is 5.32 Å². The SMILES string of the molecule is CCCNC(CCC1CCCCC1)c1csnn1. The summed E-state index contributed by atoms with van der Waals surface area (Å²) in [6.45, 7) is 3.29. The van der Waals surface area contributed by atoms with Crippen molar-refractivity contribution in [2.45, 2.75) is 64.3 Å². The molecule has 0 aromatic carbocycles. The summed E-state index contributed by atoms with van der Waals surface area (Å²) in [6.07, 6.45) is 11.0. The van der Waals surface area contributed by atoms with Crippen molar-refractivity contribution >= 4 is 11.5 Å². The lowest BCUT2D eigenvalue weighted by Crippen LogP contribution is -2.23. The Bertz CT molecular complexity index is 307. The normalized spacial score (nSPS) is 18.9. The van der Waals surface area contributed by atoms with E-state index in [1.54, 1.807) is 0 Å². The Morgan fingerprint density at radius 3 is 2.89 bits per heavy atom. The molecule has 0 amide bonds. The van der Waals surface area contributed by atoms with Gasteiger partial charge in [0.05, 0.1) is 11.7 Å². The van der Waals surface area contributed by atoms with Crippen LogP contribution >= 0.6 is 11.5 Å². The van der Waals surface area contributed by atoms with Crippen molar-refractivity contribution in [2.24, 2.45) is 5.92 Å². The summed E-state index contributed by atoms with van der Waals surface area (Å²) in [5.41, 5.74) is 1.14. The fourth-order valence-electron chi connectivity index (χ4n) is 2.87. The first-order chi connectivity index (χ1) is 8.90. The van der Waals surface area contributed by atoms with Crippen LogP contribution in [0.2, 0.25) is 0 Å². The summed E-state index contributed by atoms with van der Waals surface area (Å²) < 4.78 is 4.00. The zero-order valence-corrected chi connectivity index (χ0v) is 12.2. The van der Waals surface area contributed by atoms with E-state index in [9.17, 15) is 0 Å². The lowest BCUT2D eigenvalue weighted by atomic mass is 9.85. The molecule has 0 radical (unpaired) electrons. The molecule has 102 valence electrons. The van der Waals surface area contributed by atoms with Gasteiger partial charge in [0.15, 0.2) is 0 Å². The lowest BCUT2D eigenvalue weighted by molar-refractivity contribution is 0.313. The van der Waals surface area contributed by atoms with Crippen molar-refractivity contribution in [3.8, 4) is 0 Å². The molecule has 0 saturated heterocycles. The number of rotatable bonds is 7. The van der Waals surface area contributed by atoms with Crippen LogP contribution in [0.25, 0.3) is 0 Å². The van der Waals surface area contributed by atoms with Gasteiger partial charge in [0, 0.05) is 5.38 Å². The highest BCUT2D eigenvalue weighted by Crippen LogP contribution is 2.30. The smallest absolute Gasteiger partial charge is 0.0924 e. The van der Waals surface area contributed by atoms with Gasteiger partial charge in [-0.25, -0.2) is 0 Å². The molecular formula is C14H25N3S. The highest BCUT2D eigenvalue weighted by Gasteiger charge is 2.18. The molecule has 1 saturated carbocycles. The van der Waals surface area contributed by atoms with Gasteiger partial charge in [-0.1, -0.05) is 43.5 Å². The third-order valence-corrected chi connectivity index (χ3v) is 4.49. The molecule has 3 nitrogen and oxygen atoms in total. The topological polar surface area (TPSA) is 37.8 Å². The maximum absolute atomic E-state index is 4.24. The van der Waals surface area contributed by atoms with Gasteiger partial charge in [0.1, 0.15) is 0 Å². The first kappa shape index (κ1) is 13.9. The molecule has 0 bridgehead atoms. The van der Waals surface area contributed by atoms with Crippen molar-refractivity contribution in [3.63, 3.8) is 0 Å². The Kier molecular flexibility index (Phi) is 6.08. The number of hydrogen-bond donors (Lipinski definition) is 1. The second-order valence-electron chi connectivity index (χ2n) is 5.42. The molecule has 4 heteroatoms. The van der Waals surface area contributed by atoms with Gasteiger partial charge in [0.25, 0.3) is 0 Å². The van der Waals surface area contributed by atoms with E-state index in [1.165, 1.54) is 62.9 Å². The van der Waals surface area contributed by atoms with Gasteiger partial charge < -0.3 is 5.32 Å². The second kappa shape index (κ2) is 7.85. The third kappa shape index (κ3) is 4.32. The van der Waals surface area contributed by atoms with E-state index in [0.717, 1.165) is 18.2 Å². The van der Waals surface area contributed by atoms with E-state index in [2.05, 4.69) is 27.2 Å². The van der Waals surface area contributed by atoms with Gasteiger partial charge in [-0.3, -0.25) is 0 Å². The summed E-state index contributed by atoms with van der Waals surface area (Å²) in [5.74, 6) is 0.955. The first-order valence-corrected chi connectivity index (χ1v) is 8.24. The van der Waals surface area contributed by atoms with Crippen molar-refractivity contribution < 1.29 is 0 Å². The average Bonchev–Trinajstić information content (AvgIpc) is 2.94. The highest BCUT2D eigenvalue weighted by atomic mass is 32.1. The van der Waals surface area contributed by atoms with Crippen LogP contribution in [0.4, 0.5) is 0 Å². The molecule has 18 heavy (non-hydrogen) atoms. The van der Waals surface area contributed by atoms with Crippen LogP contribution in [0, 0.1) is 5.92 Å². The molecule has 1 N–H and O–H groups in total. The maximum atomic E-state index is 4.24. The maximum Gasteiger partial charge on any atom is 0.0924 e. The predicted molar refractivity (Wildman–Crippen MR) is 76.8 cm³/mol. The monoisotopic (exact) mass is 267 g/mol. The van der Waals surface area contributed by atoms with Crippen molar-refractivity contribution in [3.05, 3.63) is 11.1 Å². The van der Waals surface area contributed by atoms with Crippen LogP contribution in [0.5, 0.6) is 0 Å². The molecule has 0 aliphatic heterocycles. The highest BCUT2D eigenvalue weighted by molar-refractivity contribution is 7.03. The minimum atomic E-state index is 0.422. The molecule has 1 aliphatic rings. The molecule has 1 aromatic rings. The zero-order chi connectivity index (χ0) is 12.6. The molecular weight excluding hydrogens is 242 g/mol. The minimum absolute atomic E-state index is 0.422. The minimum Gasteiger partial charge on any atom is -0.309 e. The zero-order valence-electron chi connectivity index (χ0n) is 11.4. The largest absolute Gasteiger partial charge is 0.309 e. The quantitative estimate of drug-likeness (QED) is 0.813. The molecule has 1 unspecified atom stereocenters. The van der Waals surface area contributed by atoms with Gasteiger partial charge in [-0.15, -0.1) is 5.10 Å². The van der Waals surface area contributed by atoms with E-state index >= 15 is 0 Å². The summed E-state index contributed by atoms with van der Waals surface area (Å²) in [4.78, 5) is 0. The summed E-state index contributed by atoms with van der Waals surface area (Å²) in [6, 6.07) is 0.422. The molecule has 1 aromatic heterocycles. The van der Waals surface area contributed by atoms with Gasteiger partial charge in [-0.2, -0.15) is 0 Å². The summed E-state index contributed by atoms with van der Waals surface area (Å²) in [5, 5.41) is 9.95. The van der Waals surface area contributed by atoms with Crippen molar-refractivity contribution in [1.29, 1.82) is 0 Å². The molecule has 0 spiro atoms. The Balaban J connectivity index is 1.80. The Morgan fingerprint density at radius 2 is 2.22 bits per heavy atom. The van der Waals surface area contributed by atoms with E-state index in [4.69, 9.17) is 0 Å². The van der Waals surface area contributed by atoms with Crippen LogP contribution in [-0.4, -0.2) is 16.1 Å². The van der Waals surface area contributed by atoms with E-state index in [0.29, 0.717) is 6.04 Å². The Labute approximate surface area is 115 Å². The standard InChI is InChI=1S/C14H25N3S/c1-2-10-15-13(14-11-18-17-16-14)9-8-12-6-4-3-5-7-12/h11-13,15H,2-10H2,1H3. The molecule has 1 atom stereocenters. The fourth-order valence-corrected chi connectivity index (χ4v) is 3.38. The van der Waals surface area contributed by atoms with E-state index in [-0.39, 0.29) is 0 Å². The van der Waals surface area contributed by atoms with Crippen molar-refractivity contribution in [1.82, 2.24) is 14.9 Å². The van der Waals surface area contributed by atoms with Crippen LogP contribution in [0.3, 0.4) is 0 Å². The first-order valence-electron chi connectivity index (χ1n) is 7.40. The Morgan fingerprint density at radius 1 is 1.39 bits per heavy atom. The fraction of sp³-hybridized carbons (Fsp3) is 0.857. The molecule has 1 fully saturated rings. The predicted octanol–water partition coefficient (Wildman–Crippen LogP) is 3.94. The van der Waals surface area contributed by atoms with Gasteiger partial charge in [-0.05, 0) is 43.3 Å². The van der Waals surface area contributed by atoms with E-state index < -0.39 is 0 Å². The molecule has 1 aliphatic carbocycles. The second-order valence-corrected chi connectivity index (χ2v) is 6.03. The van der Waals surface area contributed by atoms with Crippen LogP contribution in [0.1, 0.15) is 70.0 Å². The van der Waals surface area contributed by atoms with Gasteiger partial charge >= 0.3 is 0 Å². The van der Waals surface area contributed by atoms with Gasteiger partial charge in [0.2, 0.25) is 0 Å². The van der Waals surface area contributed by atoms with Crippen molar-refractivity contribution in [2.75, 3.05) is 6.54 Å². The molecule has 2 rings (SSSR count). The Hall–Kier alpha value is -0.480. The number of nitrogens with zero attached hydrogens (tertiary/aromatic N) is 2. The van der Waals surface area contributed by atoms with E-state index in [1.807, 2.05) is 0 Å². The van der Waals surface area contributed by atoms with Crippen LogP contribution in [0.15, 0.2) is 5.38 Å². The lowest BCUT2D eigenvalue weighted by Gasteiger charge is -2.24. The number of hydrogen-bond acceptors (Lipinski definition) is 4. The van der Waals surface area contributed by atoms with Crippen LogP contribution in [-0.2, 0) is 0 Å². The number of aromatic nitrogens is 2. The number of nitrogens with one attached hydrogen (secondary N) is 1.